The topological polar surface area (TPSA) is 79.5 Å². The quantitative estimate of drug-likeness (QED) is 0.421. The summed E-state index contributed by atoms with van der Waals surface area (Å²) < 4.78 is 5.79. The molecular formula is C26H29N3O3. The van der Waals surface area contributed by atoms with Crippen molar-refractivity contribution in [3.05, 3.63) is 83.9 Å². The molecule has 0 spiro atoms. The number of aryl methyl sites for hydroxylation is 1. The van der Waals surface area contributed by atoms with Gasteiger partial charge in [-0.2, -0.15) is 0 Å². The molecule has 0 saturated heterocycles. The van der Waals surface area contributed by atoms with Gasteiger partial charge >= 0.3 is 0 Å². The molecule has 0 bridgehead atoms. The van der Waals surface area contributed by atoms with Crippen LogP contribution in [0.2, 0.25) is 0 Å². The van der Waals surface area contributed by atoms with Gasteiger partial charge in [0.15, 0.2) is 0 Å². The predicted octanol–water partition coefficient (Wildman–Crippen LogP) is 5.02. The summed E-state index contributed by atoms with van der Waals surface area (Å²) in [5.41, 5.74) is 4.34. The number of hydrogen-bond donors (Lipinski definition) is 3. The molecular weight excluding hydrogens is 402 g/mol. The summed E-state index contributed by atoms with van der Waals surface area (Å²) >= 11 is 0. The predicted molar refractivity (Wildman–Crippen MR) is 129 cm³/mol. The molecule has 0 aromatic heterocycles. The van der Waals surface area contributed by atoms with Crippen LogP contribution in [0.15, 0.2) is 72.8 Å². The van der Waals surface area contributed by atoms with Gasteiger partial charge in [-0.3, -0.25) is 9.59 Å². The number of carbonyl (C=O) groups excluding carboxylic acids is 2. The lowest BCUT2D eigenvalue weighted by Crippen LogP contribution is -2.22. The summed E-state index contributed by atoms with van der Waals surface area (Å²) in [6.07, 6.45) is 1.25. The van der Waals surface area contributed by atoms with Crippen molar-refractivity contribution in [2.24, 2.45) is 0 Å². The summed E-state index contributed by atoms with van der Waals surface area (Å²) in [4.78, 5) is 24.0. The molecule has 0 radical (unpaired) electrons. The third kappa shape index (κ3) is 7.16. The van der Waals surface area contributed by atoms with E-state index >= 15 is 0 Å². The number of carbonyl (C=O) groups is 2. The second-order valence-electron chi connectivity index (χ2n) is 7.44. The minimum Gasteiger partial charge on any atom is -0.493 e. The maximum absolute atomic E-state index is 12.3. The Bertz CT molecular complexity index is 1030. The minimum absolute atomic E-state index is 0.0641. The van der Waals surface area contributed by atoms with Crippen molar-refractivity contribution in [2.45, 2.75) is 26.7 Å². The standard InChI is InChI=1S/C26H29N3O3/c1-3-25(30)29-24-17-22(10-9-19(24)2)28-26(31)18-27-21-11-13-23(14-12-21)32-16-15-20-7-5-4-6-8-20/h4-14,17,27H,3,15-16,18H2,1-2H3,(H,28,31)(H,29,30). The SMILES string of the molecule is CCC(=O)Nc1cc(NC(=O)CNc2ccc(OCCc3ccccc3)cc2)ccc1C. The van der Waals surface area contributed by atoms with E-state index in [-0.39, 0.29) is 18.4 Å². The monoisotopic (exact) mass is 431 g/mol. The third-order valence-corrected chi connectivity index (χ3v) is 4.93. The van der Waals surface area contributed by atoms with Crippen LogP contribution in [0.4, 0.5) is 17.1 Å². The maximum Gasteiger partial charge on any atom is 0.243 e. The number of amides is 2. The summed E-state index contributed by atoms with van der Waals surface area (Å²) in [6.45, 7) is 4.44. The Balaban J connectivity index is 1.44. The zero-order chi connectivity index (χ0) is 22.8. The van der Waals surface area contributed by atoms with Crippen LogP contribution in [-0.2, 0) is 16.0 Å². The number of rotatable bonds is 10. The molecule has 0 atom stereocenters. The van der Waals surface area contributed by atoms with Crippen molar-refractivity contribution in [1.82, 2.24) is 0 Å². The second-order valence-corrected chi connectivity index (χ2v) is 7.44. The van der Waals surface area contributed by atoms with Gasteiger partial charge in [0.2, 0.25) is 11.8 Å². The zero-order valence-corrected chi connectivity index (χ0v) is 18.5. The van der Waals surface area contributed by atoms with Gasteiger partial charge in [0, 0.05) is 29.9 Å². The van der Waals surface area contributed by atoms with E-state index in [9.17, 15) is 9.59 Å². The van der Waals surface area contributed by atoms with Crippen molar-refractivity contribution in [3.63, 3.8) is 0 Å². The minimum atomic E-state index is -0.176. The summed E-state index contributed by atoms with van der Waals surface area (Å²) in [5, 5.41) is 8.79. The lowest BCUT2D eigenvalue weighted by molar-refractivity contribution is -0.116. The van der Waals surface area contributed by atoms with E-state index in [1.807, 2.05) is 61.5 Å². The Labute approximate surface area is 189 Å². The maximum atomic E-state index is 12.3. The molecule has 3 aromatic carbocycles. The van der Waals surface area contributed by atoms with E-state index in [0.717, 1.165) is 23.4 Å². The van der Waals surface area contributed by atoms with Crippen LogP contribution in [-0.4, -0.2) is 25.0 Å². The van der Waals surface area contributed by atoms with E-state index in [1.54, 1.807) is 13.0 Å². The Hall–Kier alpha value is -3.80. The fraction of sp³-hybridized carbons (Fsp3) is 0.231. The van der Waals surface area contributed by atoms with Crippen LogP contribution in [0, 0.1) is 6.92 Å². The van der Waals surface area contributed by atoms with Gasteiger partial charge in [-0.25, -0.2) is 0 Å². The van der Waals surface area contributed by atoms with E-state index in [1.165, 1.54) is 5.56 Å². The number of nitrogens with one attached hydrogen (secondary N) is 3. The zero-order valence-electron chi connectivity index (χ0n) is 18.5. The fourth-order valence-corrected chi connectivity index (χ4v) is 3.06. The van der Waals surface area contributed by atoms with Gasteiger partial charge in [0.25, 0.3) is 0 Å². The molecule has 0 saturated carbocycles. The Morgan fingerprint density at radius 3 is 2.28 bits per heavy atom. The Morgan fingerprint density at radius 2 is 1.56 bits per heavy atom. The van der Waals surface area contributed by atoms with Crippen molar-refractivity contribution in [3.8, 4) is 5.75 Å². The molecule has 6 nitrogen and oxygen atoms in total. The van der Waals surface area contributed by atoms with Gasteiger partial charge in [-0.1, -0.05) is 43.3 Å². The molecule has 0 aliphatic rings. The molecule has 0 fully saturated rings. The van der Waals surface area contributed by atoms with Crippen LogP contribution in [0.1, 0.15) is 24.5 Å². The molecule has 3 rings (SSSR count). The molecule has 3 N–H and O–H groups in total. The van der Waals surface area contributed by atoms with Gasteiger partial charge in [-0.15, -0.1) is 0 Å². The van der Waals surface area contributed by atoms with E-state index in [2.05, 4.69) is 28.1 Å². The van der Waals surface area contributed by atoms with Crippen LogP contribution in [0.25, 0.3) is 0 Å². The van der Waals surface area contributed by atoms with Gasteiger partial charge in [0.05, 0.1) is 13.2 Å². The molecule has 0 heterocycles. The number of ether oxygens (including phenoxy) is 1. The molecule has 2 amide bonds. The highest BCUT2D eigenvalue weighted by atomic mass is 16.5. The lowest BCUT2D eigenvalue weighted by Gasteiger charge is -2.12. The van der Waals surface area contributed by atoms with E-state index in [4.69, 9.17) is 4.74 Å². The highest BCUT2D eigenvalue weighted by molar-refractivity contribution is 5.96. The van der Waals surface area contributed by atoms with Gasteiger partial charge < -0.3 is 20.7 Å². The van der Waals surface area contributed by atoms with Crippen molar-refractivity contribution in [1.29, 1.82) is 0 Å². The lowest BCUT2D eigenvalue weighted by atomic mass is 10.1. The molecule has 0 aliphatic carbocycles. The third-order valence-electron chi connectivity index (χ3n) is 4.93. The van der Waals surface area contributed by atoms with Crippen LogP contribution < -0.4 is 20.7 Å². The Morgan fingerprint density at radius 1 is 0.844 bits per heavy atom. The first-order valence-electron chi connectivity index (χ1n) is 10.7. The van der Waals surface area contributed by atoms with Gasteiger partial charge in [-0.05, 0) is 54.4 Å². The normalized spacial score (nSPS) is 10.3. The number of hydrogen-bond acceptors (Lipinski definition) is 4. The molecule has 0 unspecified atom stereocenters. The molecule has 6 heteroatoms. The van der Waals surface area contributed by atoms with E-state index in [0.29, 0.717) is 24.4 Å². The fourth-order valence-electron chi connectivity index (χ4n) is 3.06. The first-order valence-corrected chi connectivity index (χ1v) is 10.7. The van der Waals surface area contributed by atoms with Crippen molar-refractivity contribution < 1.29 is 14.3 Å². The highest BCUT2D eigenvalue weighted by Gasteiger charge is 2.07. The first kappa shape index (κ1) is 22.9. The molecule has 166 valence electrons. The largest absolute Gasteiger partial charge is 0.493 e. The summed E-state index contributed by atoms with van der Waals surface area (Å²) in [7, 11) is 0. The van der Waals surface area contributed by atoms with E-state index < -0.39 is 0 Å². The first-order chi connectivity index (χ1) is 15.5. The highest BCUT2D eigenvalue weighted by Crippen LogP contribution is 2.21. The second kappa shape index (κ2) is 11.6. The van der Waals surface area contributed by atoms with Crippen LogP contribution in [0.3, 0.4) is 0 Å². The number of benzene rings is 3. The van der Waals surface area contributed by atoms with Crippen molar-refractivity contribution in [2.75, 3.05) is 29.1 Å². The average Bonchev–Trinajstić information content (AvgIpc) is 2.81. The van der Waals surface area contributed by atoms with Crippen LogP contribution in [0.5, 0.6) is 5.75 Å². The molecule has 32 heavy (non-hydrogen) atoms. The number of anilines is 3. The smallest absolute Gasteiger partial charge is 0.243 e. The average molecular weight is 432 g/mol. The summed E-state index contributed by atoms with van der Waals surface area (Å²) in [6, 6.07) is 23.2. The Kier molecular flexibility index (Phi) is 8.26. The molecule has 3 aromatic rings. The molecule has 0 aliphatic heterocycles. The van der Waals surface area contributed by atoms with Gasteiger partial charge in [0.1, 0.15) is 5.75 Å². The van der Waals surface area contributed by atoms with Crippen molar-refractivity contribution >= 4 is 28.9 Å². The summed E-state index contributed by atoms with van der Waals surface area (Å²) in [5.74, 6) is 0.549. The van der Waals surface area contributed by atoms with Crippen LogP contribution >= 0.6 is 0 Å².